The fourth-order valence-corrected chi connectivity index (χ4v) is 2.58. The standard InChI is InChI=1S/C16H13Cl2N3O2/c17-13-2-1-3-14(18)12(13)8-15-20-21-16(23-15)19-11-6-4-10(9-22)5-7-11/h1-7,22H,8-9H2,(H,19,21). The van der Waals surface area contributed by atoms with E-state index in [2.05, 4.69) is 15.5 Å². The quantitative estimate of drug-likeness (QED) is 0.722. The lowest BCUT2D eigenvalue weighted by molar-refractivity contribution is 0.282. The van der Waals surface area contributed by atoms with Crippen molar-refractivity contribution in [1.82, 2.24) is 10.2 Å². The van der Waals surface area contributed by atoms with E-state index in [1.165, 1.54) is 0 Å². The minimum absolute atomic E-state index is 0.00355. The van der Waals surface area contributed by atoms with Crippen LogP contribution in [0.3, 0.4) is 0 Å². The summed E-state index contributed by atoms with van der Waals surface area (Å²) in [6.07, 6.45) is 0.358. The van der Waals surface area contributed by atoms with Gasteiger partial charge in [0.25, 0.3) is 0 Å². The second-order valence-electron chi connectivity index (χ2n) is 4.86. The van der Waals surface area contributed by atoms with Gasteiger partial charge >= 0.3 is 6.01 Å². The predicted molar refractivity (Wildman–Crippen MR) is 89.2 cm³/mol. The molecule has 0 aliphatic heterocycles. The van der Waals surface area contributed by atoms with Crippen LogP contribution in [-0.4, -0.2) is 15.3 Å². The van der Waals surface area contributed by atoms with Gasteiger partial charge in [0.2, 0.25) is 5.89 Å². The van der Waals surface area contributed by atoms with E-state index < -0.39 is 0 Å². The van der Waals surface area contributed by atoms with Crippen molar-refractivity contribution in [2.75, 3.05) is 5.32 Å². The molecule has 0 saturated heterocycles. The molecule has 0 aliphatic carbocycles. The number of benzene rings is 2. The first-order valence-corrected chi connectivity index (χ1v) is 7.63. The Kier molecular flexibility index (Phi) is 4.81. The molecule has 3 aromatic rings. The number of aromatic nitrogens is 2. The van der Waals surface area contributed by atoms with E-state index >= 15 is 0 Å². The van der Waals surface area contributed by atoms with Crippen molar-refractivity contribution in [3.8, 4) is 0 Å². The smallest absolute Gasteiger partial charge is 0.320 e. The summed E-state index contributed by atoms with van der Waals surface area (Å²) in [6, 6.07) is 12.8. The average Bonchev–Trinajstić information content (AvgIpc) is 2.99. The van der Waals surface area contributed by atoms with Crippen LogP contribution >= 0.6 is 23.2 Å². The monoisotopic (exact) mass is 349 g/mol. The van der Waals surface area contributed by atoms with Gasteiger partial charge in [-0.2, -0.15) is 0 Å². The summed E-state index contributed by atoms with van der Waals surface area (Å²) in [5.74, 6) is 0.412. The van der Waals surface area contributed by atoms with Crippen molar-refractivity contribution in [2.45, 2.75) is 13.0 Å². The lowest BCUT2D eigenvalue weighted by Gasteiger charge is -2.04. The van der Waals surface area contributed by atoms with Crippen molar-refractivity contribution in [2.24, 2.45) is 0 Å². The molecule has 0 spiro atoms. The zero-order valence-electron chi connectivity index (χ0n) is 12.0. The van der Waals surface area contributed by atoms with Crippen LogP contribution in [0.25, 0.3) is 0 Å². The summed E-state index contributed by atoms with van der Waals surface area (Å²) < 4.78 is 5.56. The highest BCUT2D eigenvalue weighted by Gasteiger charge is 2.12. The highest BCUT2D eigenvalue weighted by atomic mass is 35.5. The topological polar surface area (TPSA) is 71.2 Å². The first-order valence-electron chi connectivity index (χ1n) is 6.88. The van der Waals surface area contributed by atoms with Gasteiger partial charge < -0.3 is 14.8 Å². The van der Waals surface area contributed by atoms with Crippen LogP contribution in [0.4, 0.5) is 11.7 Å². The molecule has 0 atom stereocenters. The number of halogens is 2. The number of hydrogen-bond donors (Lipinski definition) is 2. The summed E-state index contributed by atoms with van der Waals surface area (Å²) >= 11 is 12.3. The number of rotatable bonds is 5. The molecule has 0 saturated carbocycles. The first-order chi connectivity index (χ1) is 11.2. The van der Waals surface area contributed by atoms with E-state index in [0.29, 0.717) is 22.4 Å². The Morgan fingerprint density at radius 3 is 2.35 bits per heavy atom. The number of aliphatic hydroxyl groups is 1. The zero-order valence-corrected chi connectivity index (χ0v) is 13.5. The van der Waals surface area contributed by atoms with Gasteiger partial charge in [-0.1, -0.05) is 46.5 Å². The maximum atomic E-state index is 9.02. The summed E-state index contributed by atoms with van der Waals surface area (Å²) in [5.41, 5.74) is 2.36. The van der Waals surface area contributed by atoms with Crippen LogP contribution in [0.1, 0.15) is 17.0 Å². The van der Waals surface area contributed by atoms with Crippen LogP contribution in [0.5, 0.6) is 0 Å². The van der Waals surface area contributed by atoms with Crippen molar-refractivity contribution < 1.29 is 9.52 Å². The van der Waals surface area contributed by atoms with Crippen molar-refractivity contribution in [1.29, 1.82) is 0 Å². The first kappa shape index (κ1) is 15.8. The summed E-state index contributed by atoms with van der Waals surface area (Å²) in [5, 5.41) is 21.1. The molecule has 2 aromatic carbocycles. The largest absolute Gasteiger partial charge is 0.408 e. The molecule has 0 unspecified atom stereocenters. The fourth-order valence-electron chi connectivity index (χ4n) is 2.04. The van der Waals surface area contributed by atoms with Gasteiger partial charge in [0.15, 0.2) is 0 Å². The number of nitrogens with zero attached hydrogens (tertiary/aromatic N) is 2. The maximum Gasteiger partial charge on any atom is 0.320 e. The Hall–Kier alpha value is -2.08. The summed E-state index contributed by atoms with van der Waals surface area (Å²) in [7, 11) is 0. The highest BCUT2D eigenvalue weighted by molar-refractivity contribution is 6.36. The number of anilines is 2. The average molecular weight is 350 g/mol. The Morgan fingerprint density at radius 2 is 1.70 bits per heavy atom. The molecule has 2 N–H and O–H groups in total. The molecule has 0 bridgehead atoms. The van der Waals surface area contributed by atoms with E-state index in [-0.39, 0.29) is 12.6 Å². The van der Waals surface area contributed by atoms with E-state index in [1.807, 2.05) is 24.3 Å². The third-order valence-electron chi connectivity index (χ3n) is 3.24. The lowest BCUT2D eigenvalue weighted by atomic mass is 10.1. The Morgan fingerprint density at radius 1 is 1.00 bits per heavy atom. The molecule has 0 radical (unpaired) electrons. The number of nitrogens with one attached hydrogen (secondary N) is 1. The molecule has 0 fully saturated rings. The Labute approximate surface area is 142 Å². The van der Waals surface area contributed by atoms with Gasteiger partial charge in [0.1, 0.15) is 0 Å². The van der Waals surface area contributed by atoms with Crippen LogP contribution in [0.15, 0.2) is 46.9 Å². The molecule has 3 rings (SSSR count). The van der Waals surface area contributed by atoms with E-state index in [0.717, 1.165) is 16.8 Å². The van der Waals surface area contributed by atoms with Crippen LogP contribution in [0, 0.1) is 0 Å². The predicted octanol–water partition coefficient (Wildman–Crippen LogP) is 4.20. The molecular weight excluding hydrogens is 337 g/mol. The molecular formula is C16H13Cl2N3O2. The van der Waals surface area contributed by atoms with E-state index in [1.54, 1.807) is 18.2 Å². The van der Waals surface area contributed by atoms with Crippen molar-refractivity contribution >= 4 is 34.9 Å². The third kappa shape index (κ3) is 3.82. The van der Waals surface area contributed by atoms with E-state index in [9.17, 15) is 0 Å². The van der Waals surface area contributed by atoms with Gasteiger partial charge in [0, 0.05) is 15.7 Å². The van der Waals surface area contributed by atoms with Gasteiger partial charge in [-0.15, -0.1) is 5.10 Å². The van der Waals surface area contributed by atoms with Gasteiger partial charge in [-0.05, 0) is 35.4 Å². The minimum atomic E-state index is 0.00355. The molecule has 1 aromatic heterocycles. The molecule has 118 valence electrons. The summed E-state index contributed by atoms with van der Waals surface area (Å²) in [6.45, 7) is 0.00355. The molecule has 0 amide bonds. The van der Waals surface area contributed by atoms with Crippen LogP contribution < -0.4 is 5.32 Å². The Balaban J connectivity index is 1.72. The molecule has 7 heteroatoms. The highest BCUT2D eigenvalue weighted by Crippen LogP contribution is 2.27. The SMILES string of the molecule is OCc1ccc(Nc2nnc(Cc3c(Cl)cccc3Cl)o2)cc1. The van der Waals surface area contributed by atoms with Crippen LogP contribution in [-0.2, 0) is 13.0 Å². The lowest BCUT2D eigenvalue weighted by Crippen LogP contribution is -1.91. The molecule has 5 nitrogen and oxygen atoms in total. The second kappa shape index (κ2) is 7.00. The van der Waals surface area contributed by atoms with Gasteiger partial charge in [0.05, 0.1) is 13.0 Å². The van der Waals surface area contributed by atoms with Crippen molar-refractivity contribution in [3.63, 3.8) is 0 Å². The molecule has 23 heavy (non-hydrogen) atoms. The maximum absolute atomic E-state index is 9.02. The zero-order chi connectivity index (χ0) is 16.2. The third-order valence-corrected chi connectivity index (χ3v) is 3.95. The number of hydrogen-bond acceptors (Lipinski definition) is 5. The van der Waals surface area contributed by atoms with Crippen LogP contribution in [0.2, 0.25) is 10.0 Å². The van der Waals surface area contributed by atoms with Gasteiger partial charge in [-0.25, -0.2) is 0 Å². The summed E-state index contributed by atoms with van der Waals surface area (Å²) in [4.78, 5) is 0. The van der Waals surface area contributed by atoms with Crippen molar-refractivity contribution in [3.05, 3.63) is 69.5 Å². The van der Waals surface area contributed by atoms with Gasteiger partial charge in [-0.3, -0.25) is 0 Å². The molecule has 1 heterocycles. The normalized spacial score (nSPS) is 10.7. The second-order valence-corrected chi connectivity index (χ2v) is 5.67. The number of aliphatic hydroxyl groups excluding tert-OH is 1. The molecule has 0 aliphatic rings. The van der Waals surface area contributed by atoms with E-state index in [4.69, 9.17) is 32.7 Å². The fraction of sp³-hybridized carbons (Fsp3) is 0.125. The minimum Gasteiger partial charge on any atom is -0.408 e. The Bertz CT molecular complexity index is 783.